The molecule has 1 aromatic heterocycles. The van der Waals surface area contributed by atoms with Crippen molar-refractivity contribution in [3.05, 3.63) is 89.9 Å². The third kappa shape index (κ3) is 5.75. The Balaban J connectivity index is 1.73. The summed E-state index contributed by atoms with van der Waals surface area (Å²) in [5.41, 5.74) is 0.112. The molecule has 31 heavy (non-hydrogen) atoms. The van der Waals surface area contributed by atoms with Gasteiger partial charge in [0.25, 0.3) is 5.91 Å². The normalized spacial score (nSPS) is 11.4. The molecule has 3 rings (SSSR count). The quantitative estimate of drug-likeness (QED) is 0.613. The molecule has 3 aromatic rings. The largest absolute Gasteiger partial charge is 0.416 e. The molecule has 0 bridgehead atoms. The smallest absolute Gasteiger partial charge is 0.311 e. The van der Waals surface area contributed by atoms with E-state index in [1.54, 1.807) is 36.4 Å². The number of halogens is 3. The van der Waals surface area contributed by atoms with Gasteiger partial charge in [-0.2, -0.15) is 13.2 Å². The highest BCUT2D eigenvalue weighted by Gasteiger charge is 2.31. The SMILES string of the molecule is CN(C(=O)c1cccc(C(F)(F)F)c1)c1cccc(/C=C/C(=O)Nc2ccncn2)c1. The van der Waals surface area contributed by atoms with E-state index in [0.717, 1.165) is 12.1 Å². The second-order valence-corrected chi connectivity index (χ2v) is 6.45. The highest BCUT2D eigenvalue weighted by molar-refractivity contribution is 6.06. The molecular weight excluding hydrogens is 409 g/mol. The summed E-state index contributed by atoms with van der Waals surface area (Å²) in [7, 11) is 1.47. The first-order valence-corrected chi connectivity index (χ1v) is 9.04. The first-order chi connectivity index (χ1) is 14.7. The van der Waals surface area contributed by atoms with E-state index in [1.165, 1.54) is 42.7 Å². The van der Waals surface area contributed by atoms with Crippen LogP contribution in [0.15, 0.2) is 73.2 Å². The van der Waals surface area contributed by atoms with Crippen molar-refractivity contribution in [3.63, 3.8) is 0 Å². The minimum atomic E-state index is -4.54. The van der Waals surface area contributed by atoms with Crippen molar-refractivity contribution in [2.45, 2.75) is 6.18 Å². The Morgan fingerprint density at radius 1 is 1.06 bits per heavy atom. The molecule has 0 saturated carbocycles. The monoisotopic (exact) mass is 426 g/mol. The maximum absolute atomic E-state index is 12.9. The summed E-state index contributed by atoms with van der Waals surface area (Å²) in [5, 5.41) is 2.57. The molecule has 158 valence electrons. The molecule has 0 unspecified atom stereocenters. The van der Waals surface area contributed by atoms with Crippen LogP contribution in [0.3, 0.4) is 0 Å². The van der Waals surface area contributed by atoms with Gasteiger partial charge in [0.15, 0.2) is 0 Å². The lowest BCUT2D eigenvalue weighted by molar-refractivity contribution is -0.137. The molecule has 2 aromatic carbocycles. The number of anilines is 2. The number of nitrogens with zero attached hydrogens (tertiary/aromatic N) is 3. The molecule has 0 aliphatic rings. The first-order valence-electron chi connectivity index (χ1n) is 9.04. The van der Waals surface area contributed by atoms with Crippen molar-refractivity contribution >= 4 is 29.4 Å². The number of hydrogen-bond acceptors (Lipinski definition) is 4. The molecule has 0 aliphatic heterocycles. The van der Waals surface area contributed by atoms with Crippen molar-refractivity contribution in [2.24, 2.45) is 0 Å². The van der Waals surface area contributed by atoms with Crippen LogP contribution in [0.2, 0.25) is 0 Å². The van der Waals surface area contributed by atoms with E-state index >= 15 is 0 Å². The predicted molar refractivity (Wildman–Crippen MR) is 110 cm³/mol. The van der Waals surface area contributed by atoms with Gasteiger partial charge in [0.1, 0.15) is 12.1 Å². The Bertz CT molecular complexity index is 1110. The van der Waals surface area contributed by atoms with Gasteiger partial charge in [-0.15, -0.1) is 0 Å². The summed E-state index contributed by atoms with van der Waals surface area (Å²) < 4.78 is 38.8. The number of carbonyl (C=O) groups excluding carboxylic acids is 2. The lowest BCUT2D eigenvalue weighted by Gasteiger charge is -2.18. The van der Waals surface area contributed by atoms with Gasteiger partial charge in [0.2, 0.25) is 5.91 Å². The van der Waals surface area contributed by atoms with E-state index < -0.39 is 23.6 Å². The van der Waals surface area contributed by atoms with Gasteiger partial charge in [-0.25, -0.2) is 9.97 Å². The van der Waals surface area contributed by atoms with Gasteiger partial charge in [0, 0.05) is 30.6 Å². The Labute approximate surface area is 176 Å². The minimum absolute atomic E-state index is 0.0810. The zero-order valence-electron chi connectivity index (χ0n) is 16.3. The summed E-state index contributed by atoms with van der Waals surface area (Å²) >= 11 is 0. The summed E-state index contributed by atoms with van der Waals surface area (Å²) in [6.07, 6.45) is 1.11. The number of rotatable bonds is 5. The fourth-order valence-electron chi connectivity index (χ4n) is 2.68. The van der Waals surface area contributed by atoms with E-state index in [2.05, 4.69) is 15.3 Å². The number of alkyl halides is 3. The predicted octanol–water partition coefficient (Wildman–Crippen LogP) is 4.42. The van der Waals surface area contributed by atoms with Gasteiger partial charge in [-0.05, 0) is 48.0 Å². The fraction of sp³-hybridized carbons (Fsp3) is 0.0909. The number of hydrogen-bond donors (Lipinski definition) is 1. The molecule has 2 amide bonds. The number of benzene rings is 2. The molecule has 6 nitrogen and oxygen atoms in total. The van der Waals surface area contributed by atoms with Crippen LogP contribution in [0.5, 0.6) is 0 Å². The first kappa shape index (κ1) is 21.7. The summed E-state index contributed by atoms with van der Waals surface area (Å²) in [6.45, 7) is 0. The molecule has 1 N–H and O–H groups in total. The van der Waals surface area contributed by atoms with Gasteiger partial charge in [-0.1, -0.05) is 18.2 Å². The third-order valence-electron chi connectivity index (χ3n) is 4.26. The second kappa shape index (κ2) is 9.21. The van der Waals surface area contributed by atoms with E-state index in [9.17, 15) is 22.8 Å². The highest BCUT2D eigenvalue weighted by Crippen LogP contribution is 2.30. The maximum Gasteiger partial charge on any atom is 0.416 e. The van der Waals surface area contributed by atoms with E-state index in [1.807, 2.05) is 0 Å². The molecule has 9 heteroatoms. The third-order valence-corrected chi connectivity index (χ3v) is 4.26. The van der Waals surface area contributed by atoms with Crippen LogP contribution in [-0.4, -0.2) is 28.8 Å². The minimum Gasteiger partial charge on any atom is -0.311 e. The standard InChI is InChI=1S/C22H17F3N4O2/c1-29(21(31)16-5-3-6-17(13-16)22(23,24)25)18-7-2-4-15(12-18)8-9-20(30)28-19-10-11-26-14-27-19/h2-14H,1H3,(H,26,27,28,30)/b9-8+. The highest BCUT2D eigenvalue weighted by atomic mass is 19.4. The topological polar surface area (TPSA) is 75.2 Å². The van der Waals surface area contributed by atoms with Gasteiger partial charge < -0.3 is 10.2 Å². The molecule has 0 radical (unpaired) electrons. The average molecular weight is 426 g/mol. The van der Waals surface area contributed by atoms with Crippen molar-refractivity contribution < 1.29 is 22.8 Å². The Hall–Kier alpha value is -4.01. The lowest BCUT2D eigenvalue weighted by atomic mass is 10.1. The van der Waals surface area contributed by atoms with Crippen molar-refractivity contribution in [1.82, 2.24) is 9.97 Å². The molecule has 1 heterocycles. The van der Waals surface area contributed by atoms with Crippen LogP contribution < -0.4 is 10.2 Å². The molecule has 0 fully saturated rings. The number of amides is 2. The summed E-state index contributed by atoms with van der Waals surface area (Å²) in [5.74, 6) is -0.643. The van der Waals surface area contributed by atoms with E-state index in [4.69, 9.17) is 0 Å². The summed E-state index contributed by atoms with van der Waals surface area (Å²) in [4.78, 5) is 33.6. The van der Waals surface area contributed by atoms with E-state index in [-0.39, 0.29) is 5.56 Å². The van der Waals surface area contributed by atoms with Gasteiger partial charge in [0.05, 0.1) is 5.56 Å². The van der Waals surface area contributed by atoms with Crippen LogP contribution in [0.4, 0.5) is 24.7 Å². The molecule has 0 aliphatic carbocycles. The number of aromatic nitrogens is 2. The Kier molecular flexibility index (Phi) is 6.44. The number of carbonyl (C=O) groups is 2. The summed E-state index contributed by atoms with van der Waals surface area (Å²) in [6, 6.07) is 12.5. The Morgan fingerprint density at radius 2 is 1.84 bits per heavy atom. The van der Waals surface area contributed by atoms with Gasteiger partial charge in [-0.3, -0.25) is 9.59 Å². The number of nitrogens with one attached hydrogen (secondary N) is 1. The van der Waals surface area contributed by atoms with Crippen LogP contribution in [0, 0.1) is 0 Å². The zero-order valence-corrected chi connectivity index (χ0v) is 16.3. The fourth-order valence-corrected chi connectivity index (χ4v) is 2.68. The van der Waals surface area contributed by atoms with Crippen LogP contribution in [0.1, 0.15) is 21.5 Å². The molecule has 0 spiro atoms. The van der Waals surface area contributed by atoms with Crippen molar-refractivity contribution in [3.8, 4) is 0 Å². The van der Waals surface area contributed by atoms with Crippen LogP contribution in [0.25, 0.3) is 6.08 Å². The van der Waals surface area contributed by atoms with Crippen molar-refractivity contribution in [2.75, 3.05) is 17.3 Å². The lowest BCUT2D eigenvalue weighted by Crippen LogP contribution is -2.26. The Morgan fingerprint density at radius 3 is 2.55 bits per heavy atom. The average Bonchev–Trinajstić information content (AvgIpc) is 2.77. The van der Waals surface area contributed by atoms with E-state index in [0.29, 0.717) is 17.1 Å². The zero-order chi connectivity index (χ0) is 22.4. The van der Waals surface area contributed by atoms with Crippen molar-refractivity contribution in [1.29, 1.82) is 0 Å². The molecular formula is C22H17F3N4O2. The maximum atomic E-state index is 12.9. The van der Waals surface area contributed by atoms with Crippen LogP contribution >= 0.6 is 0 Å². The van der Waals surface area contributed by atoms with Crippen LogP contribution in [-0.2, 0) is 11.0 Å². The second-order valence-electron chi connectivity index (χ2n) is 6.45. The molecule has 0 atom stereocenters. The van der Waals surface area contributed by atoms with Gasteiger partial charge >= 0.3 is 6.18 Å². The molecule has 0 saturated heterocycles.